The smallest absolute Gasteiger partial charge is 0.258 e. The summed E-state index contributed by atoms with van der Waals surface area (Å²) >= 11 is 1.43. The van der Waals surface area contributed by atoms with Crippen molar-refractivity contribution in [3.63, 3.8) is 0 Å². The first-order valence-corrected chi connectivity index (χ1v) is 7.33. The number of nitrogens with two attached hydrogens (primary N) is 1. The maximum absolute atomic E-state index is 5.89. The predicted octanol–water partition coefficient (Wildman–Crippen LogP) is 2.11. The first kappa shape index (κ1) is 12.9. The lowest BCUT2D eigenvalue weighted by atomic mass is 10.0. The third-order valence-electron chi connectivity index (χ3n) is 3.24. The molecule has 0 radical (unpaired) electrons. The number of hydrogen-bond donors (Lipinski definition) is 1. The Morgan fingerprint density at radius 3 is 2.70 bits per heavy atom. The highest BCUT2D eigenvalue weighted by atomic mass is 32.2. The Balaban J connectivity index is 2.23. The average molecular weight is 286 g/mol. The van der Waals surface area contributed by atoms with Crippen molar-refractivity contribution < 1.29 is 0 Å². The van der Waals surface area contributed by atoms with E-state index in [4.69, 9.17) is 5.73 Å². The van der Waals surface area contributed by atoms with E-state index < -0.39 is 0 Å². The molecule has 3 rings (SSSR count). The Bertz CT molecular complexity index is 795. The Morgan fingerprint density at radius 2 is 1.95 bits per heavy atom. The molecule has 7 heteroatoms. The van der Waals surface area contributed by atoms with E-state index in [0.29, 0.717) is 22.7 Å². The summed E-state index contributed by atoms with van der Waals surface area (Å²) in [4.78, 5) is 12.9. The van der Waals surface area contributed by atoms with E-state index in [1.165, 1.54) is 21.8 Å². The SMILES string of the molecule is CSc1nc(N)n2nc(-c3cccc(C)c3C)nc2n1. The fourth-order valence-corrected chi connectivity index (χ4v) is 2.34. The Labute approximate surface area is 120 Å². The molecule has 2 heterocycles. The summed E-state index contributed by atoms with van der Waals surface area (Å²) in [6, 6.07) is 6.05. The molecule has 0 spiro atoms. The van der Waals surface area contributed by atoms with E-state index in [1.54, 1.807) is 0 Å². The molecule has 0 bridgehead atoms. The van der Waals surface area contributed by atoms with Crippen LogP contribution in [0, 0.1) is 13.8 Å². The highest BCUT2D eigenvalue weighted by Gasteiger charge is 2.13. The van der Waals surface area contributed by atoms with Gasteiger partial charge in [-0.25, -0.2) is 0 Å². The first-order chi connectivity index (χ1) is 9.60. The van der Waals surface area contributed by atoms with Crippen LogP contribution < -0.4 is 5.73 Å². The van der Waals surface area contributed by atoms with Crippen LogP contribution in [0.2, 0.25) is 0 Å². The minimum absolute atomic E-state index is 0.295. The van der Waals surface area contributed by atoms with Crippen LogP contribution in [-0.4, -0.2) is 30.8 Å². The van der Waals surface area contributed by atoms with Crippen LogP contribution in [0.15, 0.2) is 23.4 Å². The second-order valence-corrected chi connectivity index (χ2v) is 5.24. The van der Waals surface area contributed by atoms with Crippen molar-refractivity contribution in [1.29, 1.82) is 0 Å². The van der Waals surface area contributed by atoms with Crippen molar-refractivity contribution in [2.24, 2.45) is 0 Å². The molecule has 6 nitrogen and oxygen atoms in total. The Morgan fingerprint density at radius 1 is 1.15 bits per heavy atom. The zero-order valence-electron chi connectivity index (χ0n) is 11.5. The van der Waals surface area contributed by atoms with Gasteiger partial charge >= 0.3 is 0 Å². The number of aromatic nitrogens is 5. The molecule has 0 unspecified atom stereocenters. The van der Waals surface area contributed by atoms with E-state index >= 15 is 0 Å². The van der Waals surface area contributed by atoms with Crippen LogP contribution >= 0.6 is 11.8 Å². The van der Waals surface area contributed by atoms with Crippen LogP contribution in [0.1, 0.15) is 11.1 Å². The minimum atomic E-state index is 0.295. The number of nitrogens with zero attached hydrogens (tertiary/aromatic N) is 5. The molecule has 0 saturated heterocycles. The number of rotatable bonds is 2. The summed E-state index contributed by atoms with van der Waals surface area (Å²) in [5, 5.41) is 5.00. The average Bonchev–Trinajstić information content (AvgIpc) is 2.86. The summed E-state index contributed by atoms with van der Waals surface area (Å²) in [5.74, 6) is 1.38. The Hall–Kier alpha value is -2.15. The van der Waals surface area contributed by atoms with Gasteiger partial charge in [-0.05, 0) is 31.2 Å². The van der Waals surface area contributed by atoms with Crippen molar-refractivity contribution in [2.75, 3.05) is 12.0 Å². The lowest BCUT2D eigenvalue weighted by molar-refractivity contribution is 0.851. The van der Waals surface area contributed by atoms with E-state index in [2.05, 4.69) is 40.0 Å². The highest BCUT2D eigenvalue weighted by Crippen LogP contribution is 2.23. The van der Waals surface area contributed by atoms with Crippen LogP contribution in [0.4, 0.5) is 5.95 Å². The van der Waals surface area contributed by atoms with Gasteiger partial charge < -0.3 is 5.73 Å². The molecular formula is C13H14N6S. The van der Waals surface area contributed by atoms with Crippen LogP contribution in [0.25, 0.3) is 17.2 Å². The van der Waals surface area contributed by atoms with Gasteiger partial charge in [0.25, 0.3) is 5.78 Å². The zero-order valence-corrected chi connectivity index (χ0v) is 12.3. The molecule has 102 valence electrons. The van der Waals surface area contributed by atoms with Crippen LogP contribution in [-0.2, 0) is 0 Å². The second kappa shape index (κ2) is 4.75. The highest BCUT2D eigenvalue weighted by molar-refractivity contribution is 7.98. The molecule has 3 aromatic rings. The van der Waals surface area contributed by atoms with Crippen molar-refractivity contribution in [1.82, 2.24) is 24.6 Å². The maximum atomic E-state index is 5.89. The van der Waals surface area contributed by atoms with Gasteiger partial charge in [-0.2, -0.15) is 19.5 Å². The van der Waals surface area contributed by atoms with Gasteiger partial charge in [0.15, 0.2) is 11.0 Å². The number of benzene rings is 1. The van der Waals surface area contributed by atoms with Crippen molar-refractivity contribution in [3.8, 4) is 11.4 Å². The lowest BCUT2D eigenvalue weighted by Crippen LogP contribution is -2.04. The topological polar surface area (TPSA) is 82.0 Å². The molecule has 0 aliphatic rings. The fourth-order valence-electron chi connectivity index (χ4n) is 1.98. The Kier molecular flexibility index (Phi) is 3.06. The third-order valence-corrected chi connectivity index (χ3v) is 3.79. The standard InChI is InChI=1S/C13H14N6S/c1-7-5-4-6-9(8(7)2)10-15-12-17-13(20-3)16-11(14)19(12)18-10/h4-6H,1-3H3,(H2,14,15,16,17,18). The van der Waals surface area contributed by atoms with Gasteiger partial charge in [0.2, 0.25) is 5.95 Å². The molecule has 0 amide bonds. The summed E-state index contributed by atoms with van der Waals surface area (Å²) < 4.78 is 1.47. The predicted molar refractivity (Wildman–Crippen MR) is 79.7 cm³/mol. The van der Waals surface area contributed by atoms with Gasteiger partial charge in [-0.1, -0.05) is 30.0 Å². The van der Waals surface area contributed by atoms with Crippen LogP contribution in [0.5, 0.6) is 0 Å². The van der Waals surface area contributed by atoms with E-state index in [0.717, 1.165) is 11.1 Å². The first-order valence-electron chi connectivity index (χ1n) is 6.11. The molecule has 0 fully saturated rings. The third kappa shape index (κ3) is 2.00. The molecule has 0 aliphatic carbocycles. The molecule has 0 atom stereocenters. The molecule has 0 aliphatic heterocycles. The summed E-state index contributed by atoms with van der Waals surface area (Å²) in [5.41, 5.74) is 9.23. The number of fused-ring (bicyclic) bond motifs is 1. The van der Waals surface area contributed by atoms with Crippen molar-refractivity contribution in [3.05, 3.63) is 29.3 Å². The normalized spacial score (nSPS) is 11.2. The molecule has 0 saturated carbocycles. The molecule has 2 N–H and O–H groups in total. The van der Waals surface area contributed by atoms with Gasteiger partial charge in [0.05, 0.1) is 0 Å². The van der Waals surface area contributed by atoms with Gasteiger partial charge in [-0.3, -0.25) is 0 Å². The number of aryl methyl sites for hydroxylation is 1. The zero-order chi connectivity index (χ0) is 14.3. The largest absolute Gasteiger partial charge is 0.368 e. The molecule has 1 aromatic carbocycles. The fraction of sp³-hybridized carbons (Fsp3) is 0.231. The van der Waals surface area contributed by atoms with Gasteiger partial charge in [-0.15, -0.1) is 5.10 Å². The number of nitrogen functional groups attached to an aromatic ring is 1. The molecule has 2 aromatic heterocycles. The number of hydrogen-bond acceptors (Lipinski definition) is 6. The summed E-state index contributed by atoms with van der Waals surface area (Å²) in [6.07, 6.45) is 1.90. The van der Waals surface area contributed by atoms with E-state index in [9.17, 15) is 0 Å². The minimum Gasteiger partial charge on any atom is -0.368 e. The monoisotopic (exact) mass is 286 g/mol. The lowest BCUT2D eigenvalue weighted by Gasteiger charge is -2.03. The summed E-state index contributed by atoms with van der Waals surface area (Å²) in [7, 11) is 0. The van der Waals surface area contributed by atoms with Crippen molar-refractivity contribution in [2.45, 2.75) is 19.0 Å². The van der Waals surface area contributed by atoms with E-state index in [-0.39, 0.29) is 0 Å². The van der Waals surface area contributed by atoms with Gasteiger partial charge in [0, 0.05) is 5.56 Å². The second-order valence-electron chi connectivity index (χ2n) is 4.46. The van der Waals surface area contributed by atoms with Gasteiger partial charge in [0.1, 0.15) is 0 Å². The summed E-state index contributed by atoms with van der Waals surface area (Å²) in [6.45, 7) is 4.12. The quantitative estimate of drug-likeness (QED) is 0.727. The molecule has 20 heavy (non-hydrogen) atoms. The van der Waals surface area contributed by atoms with Crippen molar-refractivity contribution >= 4 is 23.5 Å². The number of thioether (sulfide) groups is 1. The van der Waals surface area contributed by atoms with E-state index in [1.807, 2.05) is 18.4 Å². The molecular weight excluding hydrogens is 272 g/mol. The maximum Gasteiger partial charge on any atom is 0.258 e. The van der Waals surface area contributed by atoms with Crippen LogP contribution in [0.3, 0.4) is 0 Å². The number of anilines is 1.